The Kier molecular flexibility index (Phi) is 5.15. The average Bonchev–Trinajstić information content (AvgIpc) is 3.10. The molecule has 3 aliphatic rings. The third-order valence-corrected chi connectivity index (χ3v) is 5.12. The SMILES string of the molecule is O=C1CCC(C(=O)N2CCN(CC(=O)N3CCCC3)CC2)CN1. The van der Waals surface area contributed by atoms with Gasteiger partial charge in [0, 0.05) is 52.2 Å². The highest BCUT2D eigenvalue weighted by Crippen LogP contribution is 2.16. The minimum absolute atomic E-state index is 0.0410. The fourth-order valence-corrected chi connectivity index (χ4v) is 3.59. The van der Waals surface area contributed by atoms with Crippen molar-refractivity contribution in [3.8, 4) is 0 Å². The Hall–Kier alpha value is -1.63. The van der Waals surface area contributed by atoms with Gasteiger partial charge in [-0.1, -0.05) is 0 Å². The van der Waals surface area contributed by atoms with Crippen LogP contribution in [-0.4, -0.2) is 84.8 Å². The summed E-state index contributed by atoms with van der Waals surface area (Å²) in [4.78, 5) is 41.8. The number of carbonyl (C=O) groups is 3. The van der Waals surface area contributed by atoms with Gasteiger partial charge in [-0.2, -0.15) is 0 Å². The lowest BCUT2D eigenvalue weighted by atomic mass is 9.97. The lowest BCUT2D eigenvalue weighted by molar-refractivity contribution is -0.139. The fraction of sp³-hybridized carbons (Fsp3) is 0.812. The fourth-order valence-electron chi connectivity index (χ4n) is 3.59. The molecule has 7 nitrogen and oxygen atoms in total. The van der Waals surface area contributed by atoms with Crippen molar-refractivity contribution in [2.24, 2.45) is 5.92 Å². The molecule has 3 heterocycles. The predicted molar refractivity (Wildman–Crippen MR) is 84.6 cm³/mol. The summed E-state index contributed by atoms with van der Waals surface area (Å²) in [7, 11) is 0. The van der Waals surface area contributed by atoms with Crippen LogP contribution >= 0.6 is 0 Å². The van der Waals surface area contributed by atoms with Gasteiger partial charge in [0.25, 0.3) is 0 Å². The quantitative estimate of drug-likeness (QED) is 0.744. The summed E-state index contributed by atoms with van der Waals surface area (Å²) >= 11 is 0. The van der Waals surface area contributed by atoms with Gasteiger partial charge < -0.3 is 15.1 Å². The molecule has 0 aromatic carbocycles. The highest BCUT2D eigenvalue weighted by molar-refractivity contribution is 5.84. The zero-order valence-electron chi connectivity index (χ0n) is 13.6. The molecule has 1 N–H and O–H groups in total. The Morgan fingerprint density at radius 2 is 1.70 bits per heavy atom. The standard InChI is InChI=1S/C16H26N4O3/c21-14-4-3-13(11-17-14)16(23)20-9-7-18(8-10-20)12-15(22)19-5-1-2-6-19/h13H,1-12H2,(H,17,21). The van der Waals surface area contributed by atoms with Crippen LogP contribution in [0.25, 0.3) is 0 Å². The van der Waals surface area contributed by atoms with Crippen LogP contribution in [0, 0.1) is 5.92 Å². The van der Waals surface area contributed by atoms with Crippen molar-refractivity contribution in [2.45, 2.75) is 25.7 Å². The van der Waals surface area contributed by atoms with Crippen molar-refractivity contribution >= 4 is 17.7 Å². The van der Waals surface area contributed by atoms with Gasteiger partial charge in [0.1, 0.15) is 0 Å². The van der Waals surface area contributed by atoms with Gasteiger partial charge in [-0.25, -0.2) is 0 Å². The number of hydrogen-bond donors (Lipinski definition) is 1. The molecule has 0 aromatic rings. The van der Waals surface area contributed by atoms with Crippen LogP contribution in [0.2, 0.25) is 0 Å². The van der Waals surface area contributed by atoms with Crippen molar-refractivity contribution in [3.63, 3.8) is 0 Å². The maximum atomic E-state index is 12.5. The maximum absolute atomic E-state index is 12.5. The van der Waals surface area contributed by atoms with Gasteiger partial charge in [-0.05, 0) is 19.3 Å². The monoisotopic (exact) mass is 322 g/mol. The van der Waals surface area contributed by atoms with Crippen LogP contribution < -0.4 is 5.32 Å². The van der Waals surface area contributed by atoms with E-state index in [-0.39, 0.29) is 23.6 Å². The summed E-state index contributed by atoms with van der Waals surface area (Å²) in [6.45, 7) is 5.59. The Bertz CT molecular complexity index is 458. The lowest BCUT2D eigenvalue weighted by Gasteiger charge is -2.37. The van der Waals surface area contributed by atoms with Crippen LogP contribution in [0.5, 0.6) is 0 Å². The molecule has 1 atom stereocenters. The van der Waals surface area contributed by atoms with Gasteiger partial charge in [-0.3, -0.25) is 19.3 Å². The summed E-state index contributed by atoms with van der Waals surface area (Å²) < 4.78 is 0. The van der Waals surface area contributed by atoms with Gasteiger partial charge in [0.15, 0.2) is 0 Å². The molecule has 0 aromatic heterocycles. The number of likely N-dealkylation sites (tertiary alicyclic amines) is 1. The zero-order valence-corrected chi connectivity index (χ0v) is 13.6. The normalized spacial score (nSPS) is 26.3. The van der Waals surface area contributed by atoms with E-state index in [1.165, 1.54) is 0 Å². The minimum atomic E-state index is -0.0783. The number of nitrogens with zero attached hydrogens (tertiary/aromatic N) is 3. The molecule has 0 bridgehead atoms. The number of amides is 3. The molecule has 0 saturated carbocycles. The summed E-state index contributed by atoms with van der Waals surface area (Å²) in [5, 5.41) is 2.77. The average molecular weight is 322 g/mol. The maximum Gasteiger partial charge on any atom is 0.236 e. The second-order valence-corrected chi connectivity index (χ2v) is 6.73. The summed E-state index contributed by atoms with van der Waals surface area (Å²) in [6.07, 6.45) is 3.33. The molecular weight excluding hydrogens is 296 g/mol. The number of hydrogen-bond acceptors (Lipinski definition) is 4. The van der Waals surface area contributed by atoms with E-state index in [0.717, 1.165) is 39.0 Å². The van der Waals surface area contributed by atoms with Crippen LogP contribution in [0.3, 0.4) is 0 Å². The molecule has 128 valence electrons. The van der Waals surface area contributed by atoms with Crippen molar-refractivity contribution in [1.82, 2.24) is 20.0 Å². The Morgan fingerprint density at radius 3 is 2.30 bits per heavy atom. The van der Waals surface area contributed by atoms with E-state index in [0.29, 0.717) is 39.0 Å². The largest absolute Gasteiger partial charge is 0.355 e. The number of nitrogens with one attached hydrogen (secondary N) is 1. The van der Waals surface area contributed by atoms with E-state index in [1.54, 1.807) is 0 Å². The molecule has 1 unspecified atom stereocenters. The first-order chi connectivity index (χ1) is 11.1. The first-order valence-electron chi connectivity index (χ1n) is 8.69. The van der Waals surface area contributed by atoms with Gasteiger partial charge in [-0.15, -0.1) is 0 Å². The van der Waals surface area contributed by atoms with E-state index in [1.807, 2.05) is 9.80 Å². The number of carbonyl (C=O) groups excluding carboxylic acids is 3. The molecule has 3 saturated heterocycles. The van der Waals surface area contributed by atoms with Gasteiger partial charge in [0.2, 0.25) is 17.7 Å². The molecular formula is C16H26N4O3. The molecule has 3 amide bonds. The van der Waals surface area contributed by atoms with E-state index in [2.05, 4.69) is 10.2 Å². The number of piperazine rings is 1. The minimum Gasteiger partial charge on any atom is -0.355 e. The predicted octanol–water partition coefficient (Wildman–Crippen LogP) is -0.721. The second-order valence-electron chi connectivity index (χ2n) is 6.73. The zero-order chi connectivity index (χ0) is 16.2. The third kappa shape index (κ3) is 4.02. The van der Waals surface area contributed by atoms with E-state index in [4.69, 9.17) is 0 Å². The first-order valence-corrected chi connectivity index (χ1v) is 8.69. The first kappa shape index (κ1) is 16.2. The highest BCUT2D eigenvalue weighted by Gasteiger charge is 2.31. The molecule has 3 aliphatic heterocycles. The second kappa shape index (κ2) is 7.29. The topological polar surface area (TPSA) is 73.0 Å². The van der Waals surface area contributed by atoms with E-state index >= 15 is 0 Å². The van der Waals surface area contributed by atoms with Gasteiger partial charge in [0.05, 0.1) is 12.5 Å². The Morgan fingerprint density at radius 1 is 1.00 bits per heavy atom. The molecule has 0 aliphatic carbocycles. The molecule has 23 heavy (non-hydrogen) atoms. The smallest absolute Gasteiger partial charge is 0.236 e. The molecule has 0 spiro atoms. The molecule has 7 heteroatoms. The van der Waals surface area contributed by atoms with Crippen molar-refractivity contribution in [2.75, 3.05) is 52.4 Å². The van der Waals surface area contributed by atoms with Crippen LogP contribution in [0.1, 0.15) is 25.7 Å². The van der Waals surface area contributed by atoms with Crippen molar-refractivity contribution in [3.05, 3.63) is 0 Å². The van der Waals surface area contributed by atoms with E-state index in [9.17, 15) is 14.4 Å². The Balaban J connectivity index is 1.42. The van der Waals surface area contributed by atoms with Crippen LogP contribution in [0.15, 0.2) is 0 Å². The summed E-state index contributed by atoms with van der Waals surface area (Å²) in [5.74, 6) is 0.331. The lowest BCUT2D eigenvalue weighted by Crippen LogP contribution is -2.54. The Labute approximate surface area is 137 Å². The molecule has 3 fully saturated rings. The third-order valence-electron chi connectivity index (χ3n) is 5.12. The van der Waals surface area contributed by atoms with Crippen LogP contribution in [-0.2, 0) is 14.4 Å². The number of piperidine rings is 1. The van der Waals surface area contributed by atoms with Crippen molar-refractivity contribution < 1.29 is 14.4 Å². The number of rotatable bonds is 3. The summed E-state index contributed by atoms with van der Waals surface area (Å²) in [5.41, 5.74) is 0. The molecule has 3 rings (SSSR count). The van der Waals surface area contributed by atoms with Crippen LogP contribution in [0.4, 0.5) is 0 Å². The van der Waals surface area contributed by atoms with E-state index < -0.39 is 0 Å². The molecule has 0 radical (unpaired) electrons. The highest BCUT2D eigenvalue weighted by atomic mass is 16.2. The van der Waals surface area contributed by atoms with Crippen molar-refractivity contribution in [1.29, 1.82) is 0 Å². The van der Waals surface area contributed by atoms with Gasteiger partial charge >= 0.3 is 0 Å². The summed E-state index contributed by atoms with van der Waals surface area (Å²) in [6, 6.07) is 0.